The SMILES string of the molecule is O=C(NC(CCSCC1COC2(CCCC2)O1)C(=O)O)OCC1c2ccccc2-c2ccccc21. The van der Waals surface area contributed by atoms with Crippen molar-refractivity contribution in [3.8, 4) is 11.1 Å². The molecule has 5 rings (SSSR count). The van der Waals surface area contributed by atoms with Crippen LogP contribution in [0.3, 0.4) is 0 Å². The number of nitrogens with one attached hydrogen (secondary N) is 1. The largest absolute Gasteiger partial charge is 0.480 e. The molecule has 1 heterocycles. The molecule has 2 aromatic carbocycles. The first kappa shape index (κ1) is 24.2. The van der Waals surface area contributed by atoms with Crippen LogP contribution in [0.1, 0.15) is 49.1 Å². The Balaban J connectivity index is 1.08. The van der Waals surface area contributed by atoms with Crippen molar-refractivity contribution in [2.75, 3.05) is 24.7 Å². The Hall–Kier alpha value is -2.55. The van der Waals surface area contributed by atoms with Crippen molar-refractivity contribution < 1.29 is 28.9 Å². The molecule has 2 aromatic rings. The quantitative estimate of drug-likeness (QED) is 0.481. The van der Waals surface area contributed by atoms with Crippen molar-refractivity contribution in [3.63, 3.8) is 0 Å². The summed E-state index contributed by atoms with van der Waals surface area (Å²) >= 11 is 1.62. The molecule has 35 heavy (non-hydrogen) atoms. The Morgan fingerprint density at radius 2 is 1.74 bits per heavy atom. The molecule has 186 valence electrons. The third kappa shape index (κ3) is 5.34. The maximum Gasteiger partial charge on any atom is 0.407 e. The molecule has 1 spiro atoms. The highest BCUT2D eigenvalue weighted by molar-refractivity contribution is 7.99. The first-order valence-corrected chi connectivity index (χ1v) is 13.4. The molecule has 1 aliphatic heterocycles. The minimum absolute atomic E-state index is 0.0384. The lowest BCUT2D eigenvalue weighted by molar-refractivity contribution is -0.159. The molecule has 1 saturated carbocycles. The van der Waals surface area contributed by atoms with Crippen LogP contribution in [0.15, 0.2) is 48.5 Å². The Morgan fingerprint density at radius 1 is 1.09 bits per heavy atom. The lowest BCUT2D eigenvalue weighted by atomic mass is 9.98. The number of thioether (sulfide) groups is 1. The van der Waals surface area contributed by atoms with Gasteiger partial charge in [0.05, 0.1) is 12.7 Å². The van der Waals surface area contributed by atoms with Crippen molar-refractivity contribution in [1.82, 2.24) is 5.32 Å². The van der Waals surface area contributed by atoms with E-state index in [0.717, 1.165) is 53.7 Å². The molecule has 2 unspecified atom stereocenters. The van der Waals surface area contributed by atoms with Gasteiger partial charge < -0.3 is 24.6 Å². The van der Waals surface area contributed by atoms with Crippen molar-refractivity contribution >= 4 is 23.8 Å². The van der Waals surface area contributed by atoms with Gasteiger partial charge >= 0.3 is 12.1 Å². The summed E-state index contributed by atoms with van der Waals surface area (Å²) in [5.74, 6) is -0.166. The van der Waals surface area contributed by atoms with E-state index in [1.165, 1.54) is 0 Å². The Labute approximate surface area is 209 Å². The van der Waals surface area contributed by atoms with Gasteiger partial charge in [-0.3, -0.25) is 0 Å². The average Bonchev–Trinajstić information content (AvgIpc) is 3.58. The number of carbonyl (C=O) groups is 2. The Kier molecular flexibility index (Phi) is 7.32. The van der Waals surface area contributed by atoms with E-state index in [2.05, 4.69) is 17.4 Å². The number of benzene rings is 2. The summed E-state index contributed by atoms with van der Waals surface area (Å²) < 4.78 is 17.5. The number of carboxylic acid groups (broad SMARTS) is 1. The van der Waals surface area contributed by atoms with E-state index < -0.39 is 18.1 Å². The molecule has 1 amide bonds. The zero-order valence-electron chi connectivity index (χ0n) is 19.6. The van der Waals surface area contributed by atoms with Gasteiger partial charge in [0.1, 0.15) is 12.6 Å². The smallest absolute Gasteiger partial charge is 0.407 e. The summed E-state index contributed by atoms with van der Waals surface area (Å²) in [6, 6.07) is 15.2. The molecule has 2 fully saturated rings. The van der Waals surface area contributed by atoms with E-state index in [9.17, 15) is 14.7 Å². The molecule has 0 aromatic heterocycles. The Morgan fingerprint density at radius 3 is 2.40 bits per heavy atom. The number of rotatable bonds is 9. The first-order chi connectivity index (χ1) is 17.0. The molecule has 2 N–H and O–H groups in total. The van der Waals surface area contributed by atoms with Crippen LogP contribution < -0.4 is 5.32 Å². The molecule has 3 aliphatic rings. The number of carbonyl (C=O) groups excluding carboxylic acids is 1. The van der Waals surface area contributed by atoms with Crippen LogP contribution in [0.25, 0.3) is 11.1 Å². The van der Waals surface area contributed by atoms with Gasteiger partial charge in [0, 0.05) is 24.5 Å². The number of alkyl carbamates (subject to hydrolysis) is 1. The highest BCUT2D eigenvalue weighted by Crippen LogP contribution is 2.44. The molecular formula is C27H31NO6S. The second-order valence-corrected chi connectivity index (χ2v) is 10.5. The number of aliphatic carboxylic acids is 1. The molecule has 2 aliphatic carbocycles. The van der Waals surface area contributed by atoms with Crippen molar-refractivity contribution in [2.45, 2.75) is 56.0 Å². The second kappa shape index (κ2) is 10.6. The monoisotopic (exact) mass is 497 g/mol. The van der Waals surface area contributed by atoms with E-state index >= 15 is 0 Å². The van der Waals surface area contributed by atoms with E-state index in [0.29, 0.717) is 18.8 Å². The molecule has 8 heteroatoms. The molecule has 0 bridgehead atoms. The zero-order valence-corrected chi connectivity index (χ0v) is 20.4. The van der Waals surface area contributed by atoms with Gasteiger partial charge in [-0.15, -0.1) is 0 Å². The minimum atomic E-state index is -1.07. The Bertz CT molecular complexity index is 1020. The van der Waals surface area contributed by atoms with Crippen LogP contribution >= 0.6 is 11.8 Å². The summed E-state index contributed by atoms with van der Waals surface area (Å²) in [7, 11) is 0. The van der Waals surface area contributed by atoms with Gasteiger partial charge in [-0.25, -0.2) is 9.59 Å². The average molecular weight is 498 g/mol. The molecular weight excluding hydrogens is 466 g/mol. The number of ether oxygens (including phenoxy) is 3. The number of carboxylic acids is 1. The van der Waals surface area contributed by atoms with E-state index in [1.807, 2.05) is 36.4 Å². The highest BCUT2D eigenvalue weighted by Gasteiger charge is 2.43. The maximum atomic E-state index is 12.5. The summed E-state index contributed by atoms with van der Waals surface area (Å²) in [5.41, 5.74) is 4.52. The third-order valence-electron chi connectivity index (χ3n) is 7.07. The van der Waals surface area contributed by atoms with Gasteiger partial charge in [-0.1, -0.05) is 48.5 Å². The van der Waals surface area contributed by atoms with Gasteiger partial charge in [0.25, 0.3) is 0 Å². The lowest BCUT2D eigenvalue weighted by Gasteiger charge is -2.21. The van der Waals surface area contributed by atoms with Crippen molar-refractivity contribution in [2.24, 2.45) is 0 Å². The number of fused-ring (bicyclic) bond motifs is 3. The molecule has 1 saturated heterocycles. The molecule has 2 atom stereocenters. The second-order valence-electron chi connectivity index (χ2n) is 9.39. The molecule has 0 radical (unpaired) electrons. The van der Waals surface area contributed by atoms with Gasteiger partial charge in [-0.2, -0.15) is 11.8 Å². The standard InChI is InChI=1S/C27H31NO6S/c29-25(30)24(11-14-35-17-18-15-33-27(34-18)12-5-6-13-27)28-26(31)32-16-23-21-9-3-1-7-19(21)20-8-2-4-10-22(20)23/h1-4,7-10,18,23-24H,5-6,11-17H2,(H,28,31)(H,29,30). The van der Waals surface area contributed by atoms with Crippen LogP contribution in [-0.4, -0.2) is 59.8 Å². The zero-order chi connectivity index (χ0) is 24.3. The fourth-order valence-corrected chi connectivity index (χ4v) is 6.33. The lowest BCUT2D eigenvalue weighted by Crippen LogP contribution is -2.41. The number of amides is 1. The highest BCUT2D eigenvalue weighted by atomic mass is 32.2. The van der Waals surface area contributed by atoms with Crippen LogP contribution in [0.5, 0.6) is 0 Å². The van der Waals surface area contributed by atoms with Crippen LogP contribution in [0.2, 0.25) is 0 Å². The summed E-state index contributed by atoms with van der Waals surface area (Å²) in [4.78, 5) is 24.2. The summed E-state index contributed by atoms with van der Waals surface area (Å²) in [5, 5.41) is 12.1. The van der Waals surface area contributed by atoms with Crippen LogP contribution in [-0.2, 0) is 19.0 Å². The van der Waals surface area contributed by atoms with E-state index in [1.54, 1.807) is 11.8 Å². The third-order valence-corrected chi connectivity index (χ3v) is 8.20. The number of hydrogen-bond acceptors (Lipinski definition) is 6. The number of hydrogen-bond donors (Lipinski definition) is 2. The van der Waals surface area contributed by atoms with Gasteiger partial charge in [0.15, 0.2) is 5.79 Å². The fourth-order valence-electron chi connectivity index (χ4n) is 5.33. The van der Waals surface area contributed by atoms with Gasteiger partial charge in [-0.05, 0) is 47.3 Å². The van der Waals surface area contributed by atoms with Crippen LogP contribution in [0.4, 0.5) is 4.79 Å². The predicted molar refractivity (Wildman–Crippen MR) is 134 cm³/mol. The molecule has 7 nitrogen and oxygen atoms in total. The van der Waals surface area contributed by atoms with Crippen LogP contribution in [0, 0.1) is 0 Å². The normalized spacial score (nSPS) is 21.0. The first-order valence-electron chi connectivity index (χ1n) is 12.3. The van der Waals surface area contributed by atoms with Crippen molar-refractivity contribution in [1.29, 1.82) is 0 Å². The predicted octanol–water partition coefficient (Wildman–Crippen LogP) is 4.79. The van der Waals surface area contributed by atoms with Gasteiger partial charge in [0.2, 0.25) is 0 Å². The summed E-state index contributed by atoms with van der Waals surface area (Å²) in [6.07, 6.45) is 3.83. The maximum absolute atomic E-state index is 12.5. The van der Waals surface area contributed by atoms with E-state index in [-0.39, 0.29) is 24.4 Å². The minimum Gasteiger partial charge on any atom is -0.480 e. The topological polar surface area (TPSA) is 94.1 Å². The van der Waals surface area contributed by atoms with Crippen molar-refractivity contribution in [3.05, 3.63) is 59.7 Å². The fraction of sp³-hybridized carbons (Fsp3) is 0.481. The summed E-state index contributed by atoms with van der Waals surface area (Å²) in [6.45, 7) is 0.745. The van der Waals surface area contributed by atoms with E-state index in [4.69, 9.17) is 14.2 Å².